The Bertz CT molecular complexity index is 1450. The molecule has 0 bridgehead atoms. The van der Waals surface area contributed by atoms with Gasteiger partial charge in [-0.2, -0.15) is 0 Å². The van der Waals surface area contributed by atoms with Crippen molar-refractivity contribution >= 4 is 77.8 Å². The van der Waals surface area contributed by atoms with E-state index < -0.39 is 32.0 Å². The number of halogens is 3. The SMILES string of the molecule is C[C@H](C(=O)Nc1ccc(S(=O)(=O)Nc2ccc(Cl)cc2Cl)cc1)N(c1ccc(Cl)cc1)S(C)(=O)=O. The average Bonchev–Trinajstić information content (AvgIpc) is 2.76. The Balaban J connectivity index is 1.76. The molecule has 1 amide bonds. The van der Waals surface area contributed by atoms with Crippen LogP contribution in [-0.4, -0.2) is 35.0 Å². The number of hydrogen-bond donors (Lipinski definition) is 2. The van der Waals surface area contributed by atoms with Gasteiger partial charge in [0, 0.05) is 15.7 Å². The minimum Gasteiger partial charge on any atom is -0.324 e. The van der Waals surface area contributed by atoms with Gasteiger partial charge in [0.25, 0.3) is 10.0 Å². The van der Waals surface area contributed by atoms with E-state index in [1.165, 1.54) is 73.7 Å². The lowest BCUT2D eigenvalue weighted by Gasteiger charge is -2.28. The molecule has 2 N–H and O–H groups in total. The largest absolute Gasteiger partial charge is 0.324 e. The molecule has 35 heavy (non-hydrogen) atoms. The number of hydrogen-bond acceptors (Lipinski definition) is 5. The van der Waals surface area contributed by atoms with Gasteiger partial charge in [0.2, 0.25) is 15.9 Å². The molecule has 1 atom stereocenters. The summed E-state index contributed by atoms with van der Waals surface area (Å²) < 4.78 is 53.5. The van der Waals surface area contributed by atoms with Crippen LogP contribution in [0.1, 0.15) is 6.92 Å². The highest BCUT2D eigenvalue weighted by molar-refractivity contribution is 7.92. The van der Waals surface area contributed by atoms with Crippen molar-refractivity contribution in [2.45, 2.75) is 17.9 Å². The summed E-state index contributed by atoms with van der Waals surface area (Å²) >= 11 is 17.7. The minimum absolute atomic E-state index is 0.0755. The number of amides is 1. The molecule has 0 saturated heterocycles. The summed E-state index contributed by atoms with van der Waals surface area (Å²) in [6.45, 7) is 1.43. The van der Waals surface area contributed by atoms with Crippen molar-refractivity contribution in [1.82, 2.24) is 0 Å². The van der Waals surface area contributed by atoms with Crippen LogP contribution in [0.5, 0.6) is 0 Å². The van der Waals surface area contributed by atoms with E-state index in [9.17, 15) is 21.6 Å². The van der Waals surface area contributed by atoms with E-state index in [1.54, 1.807) is 0 Å². The molecule has 3 aromatic rings. The number of rotatable bonds is 8. The smallest absolute Gasteiger partial charge is 0.261 e. The van der Waals surface area contributed by atoms with Crippen molar-refractivity contribution in [1.29, 1.82) is 0 Å². The van der Waals surface area contributed by atoms with E-state index in [0.717, 1.165) is 10.6 Å². The van der Waals surface area contributed by atoms with Crippen molar-refractivity contribution < 1.29 is 21.6 Å². The Kier molecular flexibility index (Phi) is 8.23. The molecule has 0 aromatic heterocycles. The van der Waals surface area contributed by atoms with E-state index in [4.69, 9.17) is 34.8 Å². The first kappa shape index (κ1) is 27.1. The lowest BCUT2D eigenvalue weighted by Crippen LogP contribution is -2.45. The molecule has 0 spiro atoms. The summed E-state index contributed by atoms with van der Waals surface area (Å²) in [5.74, 6) is -0.618. The van der Waals surface area contributed by atoms with Gasteiger partial charge in [0.15, 0.2) is 0 Å². The van der Waals surface area contributed by atoms with Gasteiger partial charge in [0.05, 0.1) is 27.5 Å². The Morgan fingerprint density at radius 1 is 0.857 bits per heavy atom. The summed E-state index contributed by atoms with van der Waals surface area (Å²) in [5, 5.41) is 3.51. The third kappa shape index (κ3) is 6.80. The van der Waals surface area contributed by atoms with Crippen molar-refractivity contribution in [2.24, 2.45) is 0 Å². The molecule has 3 aromatic carbocycles. The maximum atomic E-state index is 12.8. The average molecular weight is 577 g/mol. The van der Waals surface area contributed by atoms with Gasteiger partial charge in [-0.25, -0.2) is 16.8 Å². The molecule has 0 unspecified atom stereocenters. The van der Waals surface area contributed by atoms with E-state index in [-0.39, 0.29) is 27.0 Å². The molecule has 8 nitrogen and oxygen atoms in total. The molecule has 0 radical (unpaired) electrons. The van der Waals surface area contributed by atoms with Gasteiger partial charge < -0.3 is 5.32 Å². The fourth-order valence-electron chi connectivity index (χ4n) is 3.14. The van der Waals surface area contributed by atoms with Crippen LogP contribution in [-0.2, 0) is 24.8 Å². The predicted molar refractivity (Wildman–Crippen MR) is 141 cm³/mol. The fourth-order valence-corrected chi connectivity index (χ4v) is 6.03. The fraction of sp³-hybridized carbons (Fsp3) is 0.136. The quantitative estimate of drug-likeness (QED) is 0.381. The van der Waals surface area contributed by atoms with Gasteiger partial charge >= 0.3 is 0 Å². The molecule has 0 heterocycles. The normalized spacial score (nSPS) is 12.6. The lowest BCUT2D eigenvalue weighted by molar-refractivity contribution is -0.116. The number of benzene rings is 3. The molecule has 0 aliphatic rings. The second-order valence-corrected chi connectivity index (χ2v) is 12.3. The molecule has 13 heteroatoms. The van der Waals surface area contributed by atoms with Crippen molar-refractivity contribution in [3.63, 3.8) is 0 Å². The lowest BCUT2D eigenvalue weighted by atomic mass is 10.2. The van der Waals surface area contributed by atoms with E-state index >= 15 is 0 Å². The maximum absolute atomic E-state index is 12.8. The molecular weight excluding hydrogens is 557 g/mol. The molecule has 0 aliphatic carbocycles. The molecule has 0 aliphatic heterocycles. The standard InChI is InChI=1S/C22H20Cl3N3O5S2/c1-14(28(34(2,30)31)18-8-3-15(23)4-9-18)22(29)26-17-6-10-19(11-7-17)35(32,33)27-21-12-5-16(24)13-20(21)25/h3-14,27H,1-2H3,(H,26,29)/t14-/m1/s1. The highest BCUT2D eigenvalue weighted by atomic mass is 35.5. The zero-order valence-corrected chi connectivity index (χ0v) is 22.3. The Hall–Kier alpha value is -2.50. The number of carbonyl (C=O) groups excluding carboxylic acids is 1. The summed E-state index contributed by atoms with van der Waals surface area (Å²) in [7, 11) is -7.78. The maximum Gasteiger partial charge on any atom is 0.261 e. The number of anilines is 3. The van der Waals surface area contributed by atoms with Crippen LogP contribution in [0.15, 0.2) is 71.6 Å². The third-order valence-corrected chi connectivity index (χ3v) is 8.20. The summed E-state index contributed by atoms with van der Waals surface area (Å²) in [6, 6.07) is 14.6. The van der Waals surface area contributed by atoms with Crippen LogP contribution in [0.2, 0.25) is 15.1 Å². The van der Waals surface area contributed by atoms with Crippen molar-refractivity contribution in [2.75, 3.05) is 20.6 Å². The van der Waals surface area contributed by atoms with Gasteiger partial charge in [-0.3, -0.25) is 13.8 Å². The third-order valence-electron chi connectivity index (χ3n) is 4.78. The first-order valence-corrected chi connectivity index (χ1v) is 14.4. The highest BCUT2D eigenvalue weighted by Crippen LogP contribution is 2.28. The summed E-state index contributed by atoms with van der Waals surface area (Å²) in [5.41, 5.74) is 0.702. The monoisotopic (exact) mass is 575 g/mol. The van der Waals surface area contributed by atoms with Crippen LogP contribution in [0.4, 0.5) is 17.1 Å². The first-order chi connectivity index (χ1) is 16.3. The van der Waals surface area contributed by atoms with Gasteiger partial charge in [-0.15, -0.1) is 0 Å². The highest BCUT2D eigenvalue weighted by Gasteiger charge is 2.29. The zero-order chi connectivity index (χ0) is 26.0. The molecule has 0 saturated carbocycles. The summed E-state index contributed by atoms with van der Waals surface area (Å²) in [6.07, 6.45) is 0.991. The summed E-state index contributed by atoms with van der Waals surface area (Å²) in [4.78, 5) is 12.8. The Labute approximate surface area is 218 Å². The van der Waals surface area contributed by atoms with Crippen LogP contribution >= 0.6 is 34.8 Å². The number of nitrogens with one attached hydrogen (secondary N) is 2. The Morgan fingerprint density at radius 3 is 1.97 bits per heavy atom. The molecule has 3 rings (SSSR count). The van der Waals surface area contributed by atoms with E-state index in [0.29, 0.717) is 10.0 Å². The van der Waals surface area contributed by atoms with Gasteiger partial charge in [0.1, 0.15) is 6.04 Å². The van der Waals surface area contributed by atoms with Gasteiger partial charge in [-0.1, -0.05) is 34.8 Å². The first-order valence-electron chi connectivity index (χ1n) is 9.92. The second kappa shape index (κ2) is 10.6. The van der Waals surface area contributed by atoms with Crippen molar-refractivity contribution in [3.8, 4) is 0 Å². The van der Waals surface area contributed by atoms with Crippen LogP contribution < -0.4 is 14.3 Å². The van der Waals surface area contributed by atoms with Gasteiger partial charge in [-0.05, 0) is 73.7 Å². The second-order valence-electron chi connectivity index (χ2n) is 7.45. The minimum atomic E-state index is -3.97. The van der Waals surface area contributed by atoms with Crippen molar-refractivity contribution in [3.05, 3.63) is 81.8 Å². The van der Waals surface area contributed by atoms with E-state index in [2.05, 4.69) is 10.0 Å². The predicted octanol–water partition coefficient (Wildman–Crippen LogP) is 5.24. The van der Waals surface area contributed by atoms with E-state index in [1.807, 2.05) is 0 Å². The Morgan fingerprint density at radius 2 is 1.43 bits per heavy atom. The number of nitrogens with zero attached hydrogens (tertiary/aromatic N) is 1. The molecule has 0 fully saturated rings. The zero-order valence-electron chi connectivity index (χ0n) is 18.4. The number of carbonyl (C=O) groups is 1. The number of sulfonamides is 2. The molecular formula is C22H20Cl3N3O5S2. The van der Waals surface area contributed by atoms with Crippen LogP contribution in [0, 0.1) is 0 Å². The van der Waals surface area contributed by atoms with Crippen LogP contribution in [0.3, 0.4) is 0 Å². The topological polar surface area (TPSA) is 113 Å². The van der Waals surface area contributed by atoms with Crippen LogP contribution in [0.25, 0.3) is 0 Å². The molecule has 186 valence electrons.